The van der Waals surface area contributed by atoms with Gasteiger partial charge in [-0.15, -0.1) is 0 Å². The fraction of sp³-hybridized carbons (Fsp3) is 0. The van der Waals surface area contributed by atoms with E-state index in [4.69, 9.17) is 0 Å². The summed E-state index contributed by atoms with van der Waals surface area (Å²) in [4.78, 5) is 2.42. The number of hydrogen-bond donors (Lipinski definition) is 0. The molecule has 2 aromatic heterocycles. The number of benzene rings is 11. The molecule has 0 aliphatic carbocycles. The van der Waals surface area contributed by atoms with Crippen molar-refractivity contribution in [3.05, 3.63) is 249 Å². The first-order valence-electron chi connectivity index (χ1n) is 22.3. The summed E-state index contributed by atoms with van der Waals surface area (Å²) in [6.45, 7) is 0. The van der Waals surface area contributed by atoms with E-state index in [1.807, 2.05) is 0 Å². The number of rotatable bonds is 7. The third-order valence-electron chi connectivity index (χ3n) is 13.3. The van der Waals surface area contributed by atoms with Gasteiger partial charge < -0.3 is 14.0 Å². The molecule has 3 nitrogen and oxygen atoms in total. The summed E-state index contributed by atoms with van der Waals surface area (Å²) >= 11 is 0. The first-order valence-corrected chi connectivity index (χ1v) is 22.3. The van der Waals surface area contributed by atoms with Gasteiger partial charge in [0.15, 0.2) is 0 Å². The summed E-state index contributed by atoms with van der Waals surface area (Å²) in [5, 5.41) is 9.89. The molecule has 0 N–H and O–H groups in total. The molecule has 65 heavy (non-hydrogen) atoms. The Morgan fingerprint density at radius 3 is 1.38 bits per heavy atom. The molecule has 0 amide bonds. The molecule has 304 valence electrons. The maximum absolute atomic E-state index is 2.42. The Labute approximate surface area is 376 Å². The topological polar surface area (TPSA) is 13.1 Å². The summed E-state index contributed by atoms with van der Waals surface area (Å²) in [5.74, 6) is 0. The van der Waals surface area contributed by atoms with E-state index in [0.29, 0.717) is 0 Å². The Hall–Kier alpha value is -8.66. The van der Waals surface area contributed by atoms with E-state index < -0.39 is 0 Å². The first kappa shape index (κ1) is 36.9. The molecule has 0 spiro atoms. The minimum atomic E-state index is 1.08. The first-order chi connectivity index (χ1) is 32.3. The van der Waals surface area contributed by atoms with Gasteiger partial charge in [0.2, 0.25) is 0 Å². The van der Waals surface area contributed by atoms with E-state index in [-0.39, 0.29) is 0 Å². The van der Waals surface area contributed by atoms with Crippen molar-refractivity contribution in [3.63, 3.8) is 0 Å². The lowest BCUT2D eigenvalue weighted by Gasteiger charge is -2.28. The van der Waals surface area contributed by atoms with Crippen LogP contribution in [0.1, 0.15) is 0 Å². The van der Waals surface area contributed by atoms with Gasteiger partial charge in [-0.05, 0) is 117 Å². The van der Waals surface area contributed by atoms with Crippen molar-refractivity contribution < 1.29 is 0 Å². The molecule has 0 saturated heterocycles. The zero-order valence-corrected chi connectivity index (χ0v) is 35.5. The number of para-hydroxylation sites is 4. The number of nitrogens with zero attached hydrogens (tertiary/aromatic N) is 3. The van der Waals surface area contributed by atoms with Gasteiger partial charge in [-0.25, -0.2) is 0 Å². The summed E-state index contributed by atoms with van der Waals surface area (Å²) in [7, 11) is 0. The van der Waals surface area contributed by atoms with Crippen LogP contribution in [0.4, 0.5) is 17.1 Å². The van der Waals surface area contributed by atoms with Gasteiger partial charge >= 0.3 is 0 Å². The number of hydrogen-bond acceptors (Lipinski definition) is 1. The highest BCUT2D eigenvalue weighted by atomic mass is 15.1. The Morgan fingerprint density at radius 1 is 0.262 bits per heavy atom. The Kier molecular flexibility index (Phi) is 8.53. The third-order valence-corrected chi connectivity index (χ3v) is 13.3. The van der Waals surface area contributed by atoms with Gasteiger partial charge in [0.1, 0.15) is 0 Å². The zero-order valence-electron chi connectivity index (χ0n) is 35.5. The van der Waals surface area contributed by atoms with Crippen LogP contribution in [0.25, 0.3) is 98.8 Å². The highest BCUT2D eigenvalue weighted by Crippen LogP contribution is 2.44. The Bertz CT molecular complexity index is 3870. The van der Waals surface area contributed by atoms with Crippen molar-refractivity contribution in [2.45, 2.75) is 0 Å². The average molecular weight is 828 g/mol. The molecule has 0 aliphatic rings. The maximum atomic E-state index is 2.42. The standard InChI is InChI=1S/C62H41N3/c1-2-17-45(18-3-1)65-60-28-13-10-24-56(60)57-38-31-44(41-62(57)65)51-39-40-61(53-21-7-6-20-52(51)53)63(46-32-29-43(30-33-46)50-25-14-16-42-15-4-5-19-49(42)50)47-34-36-48(37-35-47)64-58-26-11-8-22-54(58)55-23-9-12-27-59(55)64/h1-41H. The Balaban J connectivity index is 0.980. The fourth-order valence-electron chi connectivity index (χ4n) is 10.4. The minimum absolute atomic E-state index is 1.08. The second kappa shape index (κ2) is 15.0. The summed E-state index contributed by atoms with van der Waals surface area (Å²) in [5.41, 5.74) is 15.2. The van der Waals surface area contributed by atoms with Crippen LogP contribution in [0.2, 0.25) is 0 Å². The van der Waals surface area contributed by atoms with Crippen molar-refractivity contribution in [3.8, 4) is 33.6 Å². The molecule has 0 fully saturated rings. The second-order valence-electron chi connectivity index (χ2n) is 16.9. The smallest absolute Gasteiger partial charge is 0.0547 e. The molecule has 3 heteroatoms. The second-order valence-corrected chi connectivity index (χ2v) is 16.9. The molecule has 2 heterocycles. The molecule has 11 aromatic carbocycles. The molecule has 0 aliphatic heterocycles. The predicted octanol–water partition coefficient (Wildman–Crippen LogP) is 17.0. The highest BCUT2D eigenvalue weighted by molar-refractivity contribution is 6.13. The fourth-order valence-corrected chi connectivity index (χ4v) is 10.4. The molecular weight excluding hydrogens is 787 g/mol. The van der Waals surface area contributed by atoms with Crippen LogP contribution in [-0.2, 0) is 0 Å². The number of aromatic nitrogens is 2. The van der Waals surface area contributed by atoms with Crippen LogP contribution >= 0.6 is 0 Å². The average Bonchev–Trinajstić information content (AvgIpc) is 3.90. The minimum Gasteiger partial charge on any atom is -0.310 e. The van der Waals surface area contributed by atoms with Crippen molar-refractivity contribution in [2.75, 3.05) is 4.90 Å². The lowest BCUT2D eigenvalue weighted by atomic mass is 9.95. The molecule has 0 saturated carbocycles. The monoisotopic (exact) mass is 827 g/mol. The van der Waals surface area contributed by atoms with E-state index in [1.165, 1.54) is 87.4 Å². The Morgan fingerprint density at radius 2 is 0.723 bits per heavy atom. The maximum Gasteiger partial charge on any atom is 0.0547 e. The van der Waals surface area contributed by atoms with Crippen molar-refractivity contribution in [2.24, 2.45) is 0 Å². The van der Waals surface area contributed by atoms with Crippen LogP contribution in [0.5, 0.6) is 0 Å². The largest absolute Gasteiger partial charge is 0.310 e. The predicted molar refractivity (Wildman–Crippen MR) is 276 cm³/mol. The van der Waals surface area contributed by atoms with E-state index in [1.54, 1.807) is 0 Å². The molecule has 13 aromatic rings. The van der Waals surface area contributed by atoms with E-state index in [9.17, 15) is 0 Å². The molecule has 0 bridgehead atoms. The summed E-state index contributed by atoms with van der Waals surface area (Å²) < 4.78 is 4.79. The van der Waals surface area contributed by atoms with Crippen LogP contribution < -0.4 is 4.90 Å². The normalized spacial score (nSPS) is 11.7. The molecule has 0 atom stereocenters. The lowest BCUT2D eigenvalue weighted by molar-refractivity contribution is 1.17. The highest BCUT2D eigenvalue weighted by Gasteiger charge is 2.20. The van der Waals surface area contributed by atoms with Crippen LogP contribution in [0, 0.1) is 0 Å². The molecule has 0 unspecified atom stereocenters. The third kappa shape index (κ3) is 5.97. The van der Waals surface area contributed by atoms with Crippen molar-refractivity contribution in [1.29, 1.82) is 0 Å². The van der Waals surface area contributed by atoms with Gasteiger partial charge in [0.25, 0.3) is 0 Å². The van der Waals surface area contributed by atoms with Crippen LogP contribution in [0.3, 0.4) is 0 Å². The zero-order chi connectivity index (χ0) is 42.8. The van der Waals surface area contributed by atoms with Gasteiger partial charge in [-0.2, -0.15) is 0 Å². The quantitative estimate of drug-likeness (QED) is 0.156. The molecule has 0 radical (unpaired) electrons. The van der Waals surface area contributed by atoms with E-state index in [0.717, 1.165) is 28.4 Å². The summed E-state index contributed by atoms with van der Waals surface area (Å²) in [6, 6.07) is 90.7. The summed E-state index contributed by atoms with van der Waals surface area (Å²) in [6.07, 6.45) is 0. The number of anilines is 3. The SMILES string of the molecule is c1ccc(-n2c3ccccc3c3ccc(-c4ccc(N(c5ccc(-c6cccc7ccccc67)cc5)c5ccc(-n6c7ccccc7c7ccccc76)cc5)c5ccccc45)cc32)cc1. The van der Waals surface area contributed by atoms with E-state index in [2.05, 4.69) is 263 Å². The van der Waals surface area contributed by atoms with E-state index >= 15 is 0 Å². The lowest BCUT2D eigenvalue weighted by Crippen LogP contribution is -2.11. The van der Waals surface area contributed by atoms with Gasteiger partial charge in [-0.3, -0.25) is 0 Å². The number of fused-ring (bicyclic) bond motifs is 8. The van der Waals surface area contributed by atoms with Crippen molar-refractivity contribution >= 4 is 82.2 Å². The molecule has 13 rings (SSSR count). The van der Waals surface area contributed by atoms with Crippen LogP contribution in [-0.4, -0.2) is 9.13 Å². The van der Waals surface area contributed by atoms with Crippen molar-refractivity contribution in [1.82, 2.24) is 9.13 Å². The van der Waals surface area contributed by atoms with Gasteiger partial charge in [-0.1, -0.05) is 170 Å². The van der Waals surface area contributed by atoms with Gasteiger partial charge in [0.05, 0.1) is 27.8 Å². The molecular formula is C62H41N3. The van der Waals surface area contributed by atoms with Crippen LogP contribution in [0.15, 0.2) is 249 Å². The van der Waals surface area contributed by atoms with Gasteiger partial charge in [0, 0.05) is 49.7 Å².